The molecule has 1 fully saturated rings. The van der Waals surface area contributed by atoms with Gasteiger partial charge in [-0.25, -0.2) is 4.98 Å². The maximum atomic E-state index is 12.7. The molecular formula is C18H20ClF3N3O2+. The molecule has 5 nitrogen and oxygen atoms in total. The third kappa shape index (κ3) is 4.55. The first kappa shape index (κ1) is 19.5. The molecule has 0 radical (unpaired) electrons. The van der Waals surface area contributed by atoms with Crippen molar-refractivity contribution >= 4 is 23.3 Å². The zero-order chi connectivity index (χ0) is 19.6. The highest BCUT2D eigenvalue weighted by molar-refractivity contribution is 6.32. The average Bonchev–Trinajstić information content (AvgIpc) is 3.16. The fraction of sp³-hybridized carbons (Fsp3) is 0.444. The number of carbonyl (C=O) groups is 1. The van der Waals surface area contributed by atoms with Crippen LogP contribution in [0.5, 0.6) is 0 Å². The lowest BCUT2D eigenvalue weighted by atomic mass is 9.95. The number of piperidine rings is 1. The third-order valence-electron chi connectivity index (χ3n) is 4.71. The van der Waals surface area contributed by atoms with Crippen LogP contribution >= 0.6 is 11.6 Å². The normalized spacial score (nSPS) is 17.0. The molecule has 1 saturated heterocycles. The number of alkyl halides is 3. The summed E-state index contributed by atoms with van der Waals surface area (Å²) in [6.45, 7) is 2.90. The van der Waals surface area contributed by atoms with Crippen LogP contribution in [0.1, 0.15) is 37.1 Å². The van der Waals surface area contributed by atoms with Gasteiger partial charge in [0, 0.05) is 5.92 Å². The molecule has 3 rings (SSSR count). The highest BCUT2D eigenvalue weighted by atomic mass is 35.5. The quantitative estimate of drug-likeness (QED) is 0.844. The molecule has 1 aliphatic heterocycles. The molecule has 146 valence electrons. The van der Waals surface area contributed by atoms with Crippen LogP contribution in [0.4, 0.5) is 19.0 Å². The zero-order valence-electron chi connectivity index (χ0n) is 14.6. The number of pyridine rings is 1. The maximum absolute atomic E-state index is 12.7. The van der Waals surface area contributed by atoms with E-state index >= 15 is 0 Å². The van der Waals surface area contributed by atoms with E-state index < -0.39 is 11.7 Å². The molecule has 0 bridgehead atoms. The molecule has 1 amide bonds. The Bertz CT molecular complexity index is 788. The summed E-state index contributed by atoms with van der Waals surface area (Å²) in [7, 11) is 0. The largest absolute Gasteiger partial charge is 0.467 e. The van der Waals surface area contributed by atoms with E-state index in [0.717, 1.165) is 12.3 Å². The summed E-state index contributed by atoms with van der Waals surface area (Å²) in [6, 6.07) is 4.26. The second-order valence-corrected chi connectivity index (χ2v) is 7.00. The first-order valence-corrected chi connectivity index (χ1v) is 9.00. The second-order valence-electron chi connectivity index (χ2n) is 6.59. The molecule has 1 aliphatic rings. The molecule has 2 aromatic rings. The first-order chi connectivity index (χ1) is 12.8. The lowest BCUT2D eigenvalue weighted by Gasteiger charge is -2.28. The van der Waals surface area contributed by atoms with E-state index in [1.165, 1.54) is 0 Å². The van der Waals surface area contributed by atoms with Gasteiger partial charge in [0.25, 0.3) is 5.82 Å². The summed E-state index contributed by atoms with van der Waals surface area (Å²) < 4.78 is 43.5. The van der Waals surface area contributed by atoms with Crippen LogP contribution < -0.4 is 15.2 Å². The fourth-order valence-electron chi connectivity index (χ4n) is 3.17. The van der Waals surface area contributed by atoms with Gasteiger partial charge < -0.3 is 9.73 Å². The molecule has 0 aromatic carbocycles. The van der Waals surface area contributed by atoms with Crippen LogP contribution in [0.3, 0.4) is 0 Å². The number of H-pyrrole nitrogens is 1. The number of aromatic amines is 1. The van der Waals surface area contributed by atoms with Crippen molar-refractivity contribution < 1.29 is 27.4 Å². The number of hydrogen-bond acceptors (Lipinski definition) is 3. The molecular weight excluding hydrogens is 383 g/mol. The van der Waals surface area contributed by atoms with Gasteiger partial charge in [-0.1, -0.05) is 11.6 Å². The fourth-order valence-corrected chi connectivity index (χ4v) is 3.46. The van der Waals surface area contributed by atoms with E-state index in [0.29, 0.717) is 37.5 Å². The molecule has 9 heteroatoms. The molecule has 0 aliphatic carbocycles. The molecule has 0 unspecified atom stereocenters. The predicted molar refractivity (Wildman–Crippen MR) is 93.2 cm³/mol. The van der Waals surface area contributed by atoms with Crippen molar-refractivity contribution in [2.45, 2.75) is 32.0 Å². The zero-order valence-corrected chi connectivity index (χ0v) is 15.4. The Morgan fingerprint density at radius 1 is 1.41 bits per heavy atom. The summed E-state index contributed by atoms with van der Waals surface area (Å²) in [5.74, 6) is 0.910. The number of carbonyl (C=O) groups excluding carboxylic acids is 1. The minimum atomic E-state index is -4.45. The molecule has 2 aromatic heterocycles. The van der Waals surface area contributed by atoms with E-state index in [2.05, 4.69) is 10.3 Å². The van der Waals surface area contributed by atoms with Crippen LogP contribution in [0.25, 0.3) is 0 Å². The van der Waals surface area contributed by atoms with Gasteiger partial charge >= 0.3 is 6.18 Å². The van der Waals surface area contributed by atoms with Crippen LogP contribution in [0.15, 0.2) is 35.1 Å². The topological polar surface area (TPSA) is 59.6 Å². The predicted octanol–water partition coefficient (Wildman–Crippen LogP) is 3.86. The molecule has 27 heavy (non-hydrogen) atoms. The molecule has 0 spiro atoms. The van der Waals surface area contributed by atoms with Gasteiger partial charge in [0.15, 0.2) is 0 Å². The lowest BCUT2D eigenvalue weighted by molar-refractivity contribution is -0.367. The van der Waals surface area contributed by atoms with E-state index in [-0.39, 0.29) is 22.9 Å². The average molecular weight is 403 g/mol. The van der Waals surface area contributed by atoms with Crippen molar-refractivity contribution in [2.24, 2.45) is 5.92 Å². The Kier molecular flexibility index (Phi) is 5.64. The van der Waals surface area contributed by atoms with E-state index in [9.17, 15) is 18.0 Å². The van der Waals surface area contributed by atoms with Crippen molar-refractivity contribution in [2.75, 3.05) is 18.0 Å². The van der Waals surface area contributed by atoms with E-state index in [4.69, 9.17) is 16.0 Å². The van der Waals surface area contributed by atoms with Crippen molar-refractivity contribution in [3.8, 4) is 0 Å². The standard InChI is InChI=1S/C18H19ClF3N3O2/c1-11(15-3-2-8-27-15)24-17(26)12-4-6-25(7-5-12)16-14(19)9-13(10-23-16)18(20,21)22/h2-3,8-12H,4-7H2,1H3,(H,24,26)/p+1/t11-/m1/s1. The highest BCUT2D eigenvalue weighted by Gasteiger charge is 2.35. The van der Waals surface area contributed by atoms with Gasteiger partial charge in [-0.05, 0) is 38.0 Å². The maximum Gasteiger partial charge on any atom is 0.419 e. The number of nitrogens with zero attached hydrogens (tertiary/aromatic N) is 1. The smallest absolute Gasteiger partial charge is 0.419 e. The van der Waals surface area contributed by atoms with Crippen molar-refractivity contribution in [1.82, 2.24) is 5.32 Å². The minimum Gasteiger partial charge on any atom is -0.467 e. The van der Waals surface area contributed by atoms with Crippen LogP contribution in [-0.4, -0.2) is 19.0 Å². The number of hydrogen-bond donors (Lipinski definition) is 1. The van der Waals surface area contributed by atoms with Crippen molar-refractivity contribution in [1.29, 1.82) is 0 Å². The lowest BCUT2D eigenvalue weighted by Crippen LogP contribution is -2.43. The number of furan rings is 1. The van der Waals surface area contributed by atoms with Gasteiger partial charge in [0.2, 0.25) is 5.91 Å². The van der Waals surface area contributed by atoms with Gasteiger partial charge in [-0.3, -0.25) is 9.69 Å². The summed E-state index contributed by atoms with van der Waals surface area (Å²) in [5.41, 5.74) is -0.822. The minimum absolute atomic E-state index is 0.0131. The van der Waals surface area contributed by atoms with Gasteiger partial charge in [0.1, 0.15) is 17.0 Å². The Labute approximate surface area is 159 Å². The Morgan fingerprint density at radius 2 is 2.11 bits per heavy atom. The van der Waals surface area contributed by atoms with Gasteiger partial charge in [-0.15, -0.1) is 0 Å². The number of rotatable bonds is 4. The number of nitrogens with one attached hydrogen (secondary N) is 2. The Morgan fingerprint density at radius 3 is 2.67 bits per heavy atom. The van der Waals surface area contributed by atoms with Crippen molar-refractivity contribution in [3.63, 3.8) is 0 Å². The van der Waals surface area contributed by atoms with Crippen LogP contribution in [0.2, 0.25) is 5.02 Å². The Balaban J connectivity index is 1.58. The second kappa shape index (κ2) is 7.80. The number of amides is 1. The highest BCUT2D eigenvalue weighted by Crippen LogP contribution is 2.33. The number of halogens is 4. The molecule has 1 atom stereocenters. The summed E-state index contributed by atoms with van der Waals surface area (Å²) in [6.07, 6.45) is -0.815. The third-order valence-corrected chi connectivity index (χ3v) is 5.00. The SMILES string of the molecule is C[C@@H](NC(=O)C1CCN(c2[nH+]cc(C(F)(F)F)cc2Cl)CC1)c1ccco1. The van der Waals surface area contributed by atoms with E-state index in [1.807, 2.05) is 11.8 Å². The van der Waals surface area contributed by atoms with E-state index in [1.54, 1.807) is 18.4 Å². The first-order valence-electron chi connectivity index (χ1n) is 8.63. The van der Waals surface area contributed by atoms with Crippen LogP contribution in [0, 0.1) is 5.92 Å². The molecule has 0 saturated carbocycles. The van der Waals surface area contributed by atoms with Crippen LogP contribution in [-0.2, 0) is 11.0 Å². The Hall–Kier alpha value is -2.22. The monoisotopic (exact) mass is 402 g/mol. The summed E-state index contributed by atoms with van der Waals surface area (Å²) >= 11 is 6.03. The van der Waals surface area contributed by atoms with Gasteiger partial charge in [-0.2, -0.15) is 13.2 Å². The molecule has 2 N–H and O–H groups in total. The number of anilines is 1. The molecule has 3 heterocycles. The number of aromatic nitrogens is 1. The summed E-state index contributed by atoms with van der Waals surface area (Å²) in [5, 5.41) is 2.95. The van der Waals surface area contributed by atoms with Gasteiger partial charge in [0.05, 0.1) is 31.0 Å². The van der Waals surface area contributed by atoms with Crippen molar-refractivity contribution in [3.05, 3.63) is 47.0 Å². The summed E-state index contributed by atoms with van der Waals surface area (Å²) in [4.78, 5) is 16.9.